The van der Waals surface area contributed by atoms with Gasteiger partial charge in [-0.1, -0.05) is 18.2 Å². The van der Waals surface area contributed by atoms with Crippen molar-refractivity contribution in [3.8, 4) is 0 Å². The average molecular weight is 259 g/mol. The Labute approximate surface area is 111 Å². The highest BCUT2D eigenvalue weighted by Gasteiger charge is 2.17. The van der Waals surface area contributed by atoms with Crippen LogP contribution in [-0.4, -0.2) is 35.9 Å². The number of carbonyl (C=O) groups excluding carboxylic acids is 1. The first-order valence-corrected chi connectivity index (χ1v) is 6.63. The van der Waals surface area contributed by atoms with Gasteiger partial charge in [-0.2, -0.15) is 5.10 Å². The molecular formula is C14H17N3O2. The lowest BCUT2D eigenvalue weighted by Gasteiger charge is -2.21. The Hall–Kier alpha value is -1.88. The molecule has 2 heterocycles. The molecule has 100 valence electrons. The smallest absolute Gasteiger partial charge is 0.272 e. The zero-order chi connectivity index (χ0) is 13.1. The number of hydrogen-bond acceptors (Lipinski definition) is 3. The monoisotopic (exact) mass is 259 g/mol. The molecule has 1 amide bonds. The minimum atomic E-state index is -0.122. The second-order valence-electron chi connectivity index (χ2n) is 4.91. The number of H-pyrrole nitrogens is 1. The molecular weight excluding hydrogens is 242 g/mol. The van der Waals surface area contributed by atoms with Crippen LogP contribution >= 0.6 is 0 Å². The van der Waals surface area contributed by atoms with Crippen LogP contribution in [0.5, 0.6) is 0 Å². The molecule has 1 fully saturated rings. The maximum atomic E-state index is 12.1. The summed E-state index contributed by atoms with van der Waals surface area (Å²) in [4.78, 5) is 12.1. The number of aromatic nitrogens is 2. The first-order valence-electron chi connectivity index (χ1n) is 6.63. The van der Waals surface area contributed by atoms with E-state index < -0.39 is 0 Å². The summed E-state index contributed by atoms with van der Waals surface area (Å²) < 4.78 is 5.40. The van der Waals surface area contributed by atoms with Crippen LogP contribution in [0.25, 0.3) is 10.9 Å². The summed E-state index contributed by atoms with van der Waals surface area (Å²) in [6.45, 7) is 2.23. The number of fused-ring (bicyclic) bond motifs is 1. The fraction of sp³-hybridized carbons (Fsp3) is 0.429. The first kappa shape index (κ1) is 12.2. The Bertz CT molecular complexity index is 573. The van der Waals surface area contributed by atoms with Crippen LogP contribution in [0, 0.1) is 5.92 Å². The van der Waals surface area contributed by atoms with Gasteiger partial charge < -0.3 is 10.1 Å². The Morgan fingerprint density at radius 1 is 1.47 bits per heavy atom. The van der Waals surface area contributed by atoms with E-state index in [4.69, 9.17) is 4.74 Å². The van der Waals surface area contributed by atoms with Gasteiger partial charge in [-0.15, -0.1) is 0 Å². The second-order valence-corrected chi connectivity index (χ2v) is 4.91. The summed E-state index contributed by atoms with van der Waals surface area (Å²) in [6, 6.07) is 7.64. The van der Waals surface area contributed by atoms with Gasteiger partial charge in [0.2, 0.25) is 0 Å². The van der Waals surface area contributed by atoms with E-state index >= 15 is 0 Å². The predicted octanol–water partition coefficient (Wildman–Crippen LogP) is 1.72. The fourth-order valence-electron chi connectivity index (χ4n) is 2.43. The standard InChI is InChI=1S/C14H17N3O2/c18-14(15-8-10-4-3-7-19-9-10)13-11-5-1-2-6-12(11)16-17-13/h1-2,5-6,10H,3-4,7-9H2,(H,15,18)(H,16,17). The summed E-state index contributed by atoms with van der Waals surface area (Å²) in [6.07, 6.45) is 2.19. The molecule has 0 bridgehead atoms. The van der Waals surface area contributed by atoms with Crippen LogP contribution in [0.3, 0.4) is 0 Å². The predicted molar refractivity (Wildman–Crippen MR) is 72.0 cm³/mol. The van der Waals surface area contributed by atoms with E-state index in [9.17, 15) is 4.79 Å². The van der Waals surface area contributed by atoms with Crippen molar-refractivity contribution in [1.82, 2.24) is 15.5 Å². The normalized spacial score (nSPS) is 19.5. The van der Waals surface area contributed by atoms with Crippen molar-refractivity contribution in [2.75, 3.05) is 19.8 Å². The molecule has 1 atom stereocenters. The molecule has 1 aromatic heterocycles. The van der Waals surface area contributed by atoms with E-state index in [1.54, 1.807) is 0 Å². The third-order valence-corrected chi connectivity index (χ3v) is 3.49. The van der Waals surface area contributed by atoms with Gasteiger partial charge in [0.25, 0.3) is 5.91 Å². The number of benzene rings is 1. The molecule has 3 rings (SSSR count). The number of nitrogens with zero attached hydrogens (tertiary/aromatic N) is 1. The van der Waals surface area contributed by atoms with E-state index in [1.807, 2.05) is 24.3 Å². The quantitative estimate of drug-likeness (QED) is 0.882. The number of hydrogen-bond donors (Lipinski definition) is 2. The molecule has 0 radical (unpaired) electrons. The zero-order valence-electron chi connectivity index (χ0n) is 10.7. The Kier molecular flexibility index (Phi) is 3.46. The Balaban J connectivity index is 1.66. The van der Waals surface area contributed by atoms with E-state index in [-0.39, 0.29) is 5.91 Å². The summed E-state index contributed by atoms with van der Waals surface area (Å²) in [7, 11) is 0. The number of nitrogens with one attached hydrogen (secondary N) is 2. The van der Waals surface area contributed by atoms with Crippen LogP contribution in [0.4, 0.5) is 0 Å². The zero-order valence-corrected chi connectivity index (χ0v) is 10.7. The van der Waals surface area contributed by atoms with Gasteiger partial charge in [0.1, 0.15) is 0 Å². The number of rotatable bonds is 3. The molecule has 1 aliphatic heterocycles. The maximum Gasteiger partial charge on any atom is 0.272 e. The largest absolute Gasteiger partial charge is 0.381 e. The number of ether oxygens (including phenoxy) is 1. The van der Waals surface area contributed by atoms with Crippen molar-refractivity contribution in [2.45, 2.75) is 12.8 Å². The van der Waals surface area contributed by atoms with Gasteiger partial charge in [0.05, 0.1) is 12.1 Å². The van der Waals surface area contributed by atoms with Crippen molar-refractivity contribution in [2.24, 2.45) is 5.92 Å². The summed E-state index contributed by atoms with van der Waals surface area (Å²) in [5, 5.41) is 10.8. The molecule has 19 heavy (non-hydrogen) atoms. The van der Waals surface area contributed by atoms with Crippen LogP contribution in [-0.2, 0) is 4.74 Å². The molecule has 1 aliphatic rings. The highest BCUT2D eigenvalue weighted by atomic mass is 16.5. The molecule has 1 saturated heterocycles. The highest BCUT2D eigenvalue weighted by Crippen LogP contribution is 2.16. The van der Waals surface area contributed by atoms with E-state index in [0.29, 0.717) is 18.2 Å². The lowest BCUT2D eigenvalue weighted by molar-refractivity contribution is 0.0536. The van der Waals surface area contributed by atoms with E-state index in [1.165, 1.54) is 0 Å². The summed E-state index contributed by atoms with van der Waals surface area (Å²) in [5.41, 5.74) is 1.35. The molecule has 2 aromatic rings. The Morgan fingerprint density at radius 3 is 3.21 bits per heavy atom. The number of para-hydroxylation sites is 1. The van der Waals surface area contributed by atoms with Gasteiger partial charge in [-0.05, 0) is 24.8 Å². The van der Waals surface area contributed by atoms with Gasteiger partial charge in [0.15, 0.2) is 5.69 Å². The molecule has 0 spiro atoms. The van der Waals surface area contributed by atoms with Crippen LogP contribution in [0.15, 0.2) is 24.3 Å². The SMILES string of the molecule is O=C(NCC1CCCOC1)c1n[nH]c2ccccc12. The highest BCUT2D eigenvalue weighted by molar-refractivity contribution is 6.04. The number of aromatic amines is 1. The third-order valence-electron chi connectivity index (χ3n) is 3.49. The van der Waals surface area contributed by atoms with Crippen LogP contribution < -0.4 is 5.32 Å². The third kappa shape index (κ3) is 2.61. The topological polar surface area (TPSA) is 67.0 Å². The van der Waals surface area contributed by atoms with Crippen LogP contribution in [0.1, 0.15) is 23.3 Å². The molecule has 1 aromatic carbocycles. The van der Waals surface area contributed by atoms with Crippen molar-refractivity contribution in [3.63, 3.8) is 0 Å². The molecule has 5 nitrogen and oxygen atoms in total. The van der Waals surface area contributed by atoms with E-state index in [0.717, 1.165) is 37.0 Å². The van der Waals surface area contributed by atoms with E-state index in [2.05, 4.69) is 15.5 Å². The minimum absolute atomic E-state index is 0.122. The van der Waals surface area contributed by atoms with Gasteiger partial charge in [-0.25, -0.2) is 0 Å². The fourth-order valence-corrected chi connectivity index (χ4v) is 2.43. The second kappa shape index (κ2) is 5.40. The van der Waals surface area contributed by atoms with Crippen molar-refractivity contribution < 1.29 is 9.53 Å². The lowest BCUT2D eigenvalue weighted by atomic mass is 10.0. The molecule has 5 heteroatoms. The van der Waals surface area contributed by atoms with Crippen molar-refractivity contribution in [3.05, 3.63) is 30.0 Å². The van der Waals surface area contributed by atoms with Gasteiger partial charge in [0, 0.05) is 18.5 Å². The maximum absolute atomic E-state index is 12.1. The molecule has 0 aliphatic carbocycles. The van der Waals surface area contributed by atoms with Gasteiger partial charge >= 0.3 is 0 Å². The molecule has 0 saturated carbocycles. The number of carbonyl (C=O) groups is 1. The molecule has 2 N–H and O–H groups in total. The number of amides is 1. The Morgan fingerprint density at radius 2 is 2.37 bits per heavy atom. The average Bonchev–Trinajstić information content (AvgIpc) is 2.90. The minimum Gasteiger partial charge on any atom is -0.381 e. The molecule has 1 unspecified atom stereocenters. The van der Waals surface area contributed by atoms with Crippen molar-refractivity contribution >= 4 is 16.8 Å². The van der Waals surface area contributed by atoms with Crippen molar-refractivity contribution in [1.29, 1.82) is 0 Å². The first-order chi connectivity index (χ1) is 9.34. The van der Waals surface area contributed by atoms with Gasteiger partial charge in [-0.3, -0.25) is 9.89 Å². The summed E-state index contributed by atoms with van der Waals surface area (Å²) >= 11 is 0. The lowest BCUT2D eigenvalue weighted by Crippen LogP contribution is -2.33. The summed E-state index contributed by atoms with van der Waals surface area (Å²) in [5.74, 6) is 0.297. The van der Waals surface area contributed by atoms with Crippen LogP contribution in [0.2, 0.25) is 0 Å².